The van der Waals surface area contributed by atoms with E-state index < -0.39 is 0 Å². The van der Waals surface area contributed by atoms with Gasteiger partial charge in [-0.25, -0.2) is 4.98 Å². The number of nitrogens with zero attached hydrogens (tertiary/aromatic N) is 2. The van der Waals surface area contributed by atoms with E-state index in [2.05, 4.69) is 4.98 Å². The molecular formula is C8H10N2O. The van der Waals surface area contributed by atoms with Gasteiger partial charge in [-0.05, 0) is 12.8 Å². The van der Waals surface area contributed by atoms with Gasteiger partial charge in [-0.1, -0.05) is 6.92 Å². The maximum Gasteiger partial charge on any atom is 0.237 e. The van der Waals surface area contributed by atoms with Crippen molar-refractivity contribution >= 4 is 5.91 Å². The Hall–Kier alpha value is -1.12. The van der Waals surface area contributed by atoms with Crippen LogP contribution in [0.3, 0.4) is 0 Å². The number of carbonyl (C=O) groups is 1. The lowest BCUT2D eigenvalue weighted by Crippen LogP contribution is -2.18. The molecule has 0 unspecified atom stereocenters. The van der Waals surface area contributed by atoms with E-state index in [1.54, 1.807) is 23.3 Å². The number of rotatable bonds is 1. The first-order chi connectivity index (χ1) is 5.22. The molecule has 1 heterocycles. The van der Waals surface area contributed by atoms with Gasteiger partial charge in [0.05, 0.1) is 0 Å². The van der Waals surface area contributed by atoms with Gasteiger partial charge in [-0.3, -0.25) is 9.36 Å². The molecule has 0 amide bonds. The van der Waals surface area contributed by atoms with Crippen molar-refractivity contribution in [1.82, 2.24) is 9.55 Å². The van der Waals surface area contributed by atoms with Crippen molar-refractivity contribution in [2.75, 3.05) is 0 Å². The summed E-state index contributed by atoms with van der Waals surface area (Å²) >= 11 is 0. The van der Waals surface area contributed by atoms with E-state index in [0.29, 0.717) is 0 Å². The Morgan fingerprint density at radius 3 is 2.82 bits per heavy atom. The molecule has 1 aliphatic rings. The lowest BCUT2D eigenvalue weighted by molar-refractivity contribution is 0.0825. The van der Waals surface area contributed by atoms with Crippen molar-refractivity contribution in [2.45, 2.75) is 19.8 Å². The molecule has 1 fully saturated rings. The summed E-state index contributed by atoms with van der Waals surface area (Å²) in [7, 11) is 0. The van der Waals surface area contributed by atoms with Crippen LogP contribution in [0.25, 0.3) is 0 Å². The van der Waals surface area contributed by atoms with Crippen LogP contribution in [0.5, 0.6) is 0 Å². The minimum absolute atomic E-state index is 0.0826. The molecular weight excluding hydrogens is 140 g/mol. The maximum absolute atomic E-state index is 11.5. The molecule has 1 aromatic rings. The molecule has 0 N–H and O–H groups in total. The fourth-order valence-corrected chi connectivity index (χ4v) is 1.09. The van der Waals surface area contributed by atoms with Crippen LogP contribution in [-0.2, 0) is 0 Å². The highest BCUT2D eigenvalue weighted by atomic mass is 16.2. The predicted molar refractivity (Wildman–Crippen MR) is 40.2 cm³/mol. The van der Waals surface area contributed by atoms with Crippen molar-refractivity contribution in [3.63, 3.8) is 0 Å². The summed E-state index contributed by atoms with van der Waals surface area (Å²) < 4.78 is 1.56. The molecule has 2 rings (SSSR count). The van der Waals surface area contributed by atoms with Crippen LogP contribution >= 0.6 is 0 Å². The van der Waals surface area contributed by atoms with Crippen molar-refractivity contribution in [1.29, 1.82) is 0 Å². The molecule has 0 spiro atoms. The second-order valence-corrected chi connectivity index (χ2v) is 3.34. The maximum atomic E-state index is 11.5. The van der Waals surface area contributed by atoms with Gasteiger partial charge in [0.25, 0.3) is 0 Å². The highest BCUT2D eigenvalue weighted by Crippen LogP contribution is 2.46. The van der Waals surface area contributed by atoms with Crippen LogP contribution < -0.4 is 0 Å². The van der Waals surface area contributed by atoms with Crippen LogP contribution in [0.4, 0.5) is 0 Å². The van der Waals surface area contributed by atoms with Crippen LogP contribution in [0.15, 0.2) is 18.7 Å². The number of imidazole rings is 1. The minimum atomic E-state index is -0.0826. The van der Waals surface area contributed by atoms with Crippen LogP contribution in [0, 0.1) is 5.41 Å². The third kappa shape index (κ3) is 0.964. The predicted octanol–water partition coefficient (Wildman–Crippen LogP) is 1.32. The molecule has 0 radical (unpaired) electrons. The average Bonchev–Trinajstić information content (AvgIpc) is 2.54. The molecule has 1 saturated carbocycles. The number of aromatic nitrogens is 2. The van der Waals surface area contributed by atoms with Gasteiger partial charge < -0.3 is 0 Å². The average molecular weight is 150 g/mol. The van der Waals surface area contributed by atoms with Gasteiger partial charge in [-0.2, -0.15) is 0 Å². The van der Waals surface area contributed by atoms with Crippen molar-refractivity contribution < 1.29 is 4.79 Å². The normalized spacial score (nSPS) is 19.7. The van der Waals surface area contributed by atoms with E-state index in [0.717, 1.165) is 12.8 Å². The van der Waals surface area contributed by atoms with Gasteiger partial charge in [0.15, 0.2) is 0 Å². The largest absolute Gasteiger partial charge is 0.276 e. The van der Waals surface area contributed by atoms with E-state index in [1.165, 1.54) is 0 Å². The number of carbonyl (C=O) groups excluding carboxylic acids is 1. The molecule has 1 aromatic heterocycles. The monoisotopic (exact) mass is 150 g/mol. The van der Waals surface area contributed by atoms with Gasteiger partial charge in [-0.15, -0.1) is 0 Å². The second-order valence-electron chi connectivity index (χ2n) is 3.34. The molecule has 0 saturated heterocycles. The summed E-state index contributed by atoms with van der Waals surface area (Å²) in [5, 5.41) is 0. The highest BCUT2D eigenvalue weighted by molar-refractivity contribution is 5.86. The zero-order valence-electron chi connectivity index (χ0n) is 6.45. The Morgan fingerprint density at radius 1 is 1.64 bits per heavy atom. The zero-order valence-corrected chi connectivity index (χ0v) is 6.45. The standard InChI is InChI=1S/C8H10N2O/c1-8(2-3-8)7(11)10-5-4-9-6-10/h4-6H,2-3H2,1H3. The number of hydrogen-bond acceptors (Lipinski definition) is 2. The molecule has 1 aliphatic carbocycles. The summed E-state index contributed by atoms with van der Waals surface area (Å²) in [6.07, 6.45) is 6.93. The Bertz CT molecular complexity index is 272. The lowest BCUT2D eigenvalue weighted by atomic mass is 10.1. The summed E-state index contributed by atoms with van der Waals surface area (Å²) in [6.45, 7) is 2.00. The first-order valence-corrected chi connectivity index (χ1v) is 3.75. The molecule has 58 valence electrons. The third-order valence-corrected chi connectivity index (χ3v) is 2.26. The summed E-state index contributed by atoms with van der Waals surface area (Å²) in [5.41, 5.74) is -0.0826. The third-order valence-electron chi connectivity index (χ3n) is 2.26. The Morgan fingerprint density at radius 2 is 2.36 bits per heavy atom. The van der Waals surface area contributed by atoms with Crippen LogP contribution in [-0.4, -0.2) is 15.5 Å². The fraction of sp³-hybridized carbons (Fsp3) is 0.500. The van der Waals surface area contributed by atoms with E-state index in [1.807, 2.05) is 6.92 Å². The van der Waals surface area contributed by atoms with Gasteiger partial charge >= 0.3 is 0 Å². The zero-order chi connectivity index (χ0) is 7.90. The first kappa shape index (κ1) is 6.58. The summed E-state index contributed by atoms with van der Waals surface area (Å²) in [4.78, 5) is 15.3. The lowest BCUT2D eigenvalue weighted by Gasteiger charge is -2.05. The fourth-order valence-electron chi connectivity index (χ4n) is 1.09. The van der Waals surface area contributed by atoms with E-state index in [9.17, 15) is 4.79 Å². The van der Waals surface area contributed by atoms with Crippen LogP contribution in [0.2, 0.25) is 0 Å². The van der Waals surface area contributed by atoms with Gasteiger partial charge in [0.2, 0.25) is 5.91 Å². The Labute approximate surface area is 65.1 Å². The van der Waals surface area contributed by atoms with Crippen molar-refractivity contribution in [3.05, 3.63) is 18.7 Å². The Kier molecular flexibility index (Phi) is 1.16. The molecule has 3 heteroatoms. The quantitative estimate of drug-likeness (QED) is 0.605. The molecule has 11 heavy (non-hydrogen) atoms. The first-order valence-electron chi connectivity index (χ1n) is 3.75. The molecule has 0 bridgehead atoms. The SMILES string of the molecule is CC1(C(=O)n2ccnc2)CC1. The molecule has 0 atom stereocenters. The van der Waals surface area contributed by atoms with Crippen molar-refractivity contribution in [2.24, 2.45) is 5.41 Å². The Balaban J connectivity index is 2.24. The van der Waals surface area contributed by atoms with E-state index in [4.69, 9.17) is 0 Å². The molecule has 0 aliphatic heterocycles. The second kappa shape index (κ2) is 1.94. The summed E-state index contributed by atoms with van der Waals surface area (Å²) in [5.74, 6) is 0.176. The van der Waals surface area contributed by atoms with Gasteiger partial charge in [0, 0.05) is 17.8 Å². The number of hydrogen-bond donors (Lipinski definition) is 0. The van der Waals surface area contributed by atoms with Crippen molar-refractivity contribution in [3.8, 4) is 0 Å². The van der Waals surface area contributed by atoms with Gasteiger partial charge in [0.1, 0.15) is 6.33 Å². The summed E-state index contributed by atoms with van der Waals surface area (Å²) in [6, 6.07) is 0. The minimum Gasteiger partial charge on any atom is -0.276 e. The van der Waals surface area contributed by atoms with E-state index >= 15 is 0 Å². The highest BCUT2D eigenvalue weighted by Gasteiger charge is 2.45. The van der Waals surface area contributed by atoms with Crippen LogP contribution in [0.1, 0.15) is 24.6 Å². The molecule has 3 nitrogen and oxygen atoms in total. The van der Waals surface area contributed by atoms with E-state index in [-0.39, 0.29) is 11.3 Å². The smallest absolute Gasteiger partial charge is 0.237 e. The topological polar surface area (TPSA) is 34.9 Å². The molecule has 0 aromatic carbocycles.